The number of hydrogen-bond acceptors (Lipinski definition) is 4. The first-order valence-electron chi connectivity index (χ1n) is 5.38. The summed E-state index contributed by atoms with van der Waals surface area (Å²) in [6.07, 6.45) is 0. The molecule has 1 rings (SSSR count). The maximum atomic E-state index is 11.4. The Hall–Kier alpha value is -1.84. The minimum atomic E-state index is -0.542. The maximum Gasteiger partial charge on any atom is 0.339 e. The normalized spacial score (nSPS) is 8.76. The molecule has 0 aromatic heterocycles. The van der Waals surface area contributed by atoms with Crippen molar-refractivity contribution in [3.63, 3.8) is 0 Å². The summed E-state index contributed by atoms with van der Waals surface area (Å²) < 4.78 is 9.19. The quantitative estimate of drug-likeness (QED) is 0.743. The average Bonchev–Trinajstić information content (AvgIpc) is 2.39. The zero-order valence-electron chi connectivity index (χ0n) is 10.9. The van der Waals surface area contributed by atoms with Crippen LogP contribution in [0.15, 0.2) is 18.2 Å². The van der Waals surface area contributed by atoms with Crippen LogP contribution in [0.3, 0.4) is 0 Å². The van der Waals surface area contributed by atoms with Gasteiger partial charge in [-0.05, 0) is 18.6 Å². The fourth-order valence-electron chi connectivity index (χ4n) is 1.32. The Morgan fingerprint density at radius 1 is 1.00 bits per heavy atom. The van der Waals surface area contributed by atoms with E-state index in [1.54, 1.807) is 19.1 Å². The van der Waals surface area contributed by atoms with Crippen molar-refractivity contribution in [2.45, 2.75) is 20.8 Å². The van der Waals surface area contributed by atoms with Gasteiger partial charge in [0, 0.05) is 0 Å². The summed E-state index contributed by atoms with van der Waals surface area (Å²) in [7, 11) is 2.54. The number of hydrogen-bond donors (Lipinski definition) is 0. The third-order valence-electron chi connectivity index (χ3n) is 2.07. The van der Waals surface area contributed by atoms with Crippen LogP contribution in [0.25, 0.3) is 0 Å². The molecule has 0 aliphatic heterocycles. The number of ether oxygens (including phenoxy) is 2. The molecule has 94 valence electrons. The van der Waals surface area contributed by atoms with E-state index < -0.39 is 11.9 Å². The maximum absolute atomic E-state index is 11.4. The van der Waals surface area contributed by atoms with Gasteiger partial charge in [0.15, 0.2) is 0 Å². The van der Waals surface area contributed by atoms with Crippen molar-refractivity contribution >= 4 is 11.9 Å². The molecule has 0 aliphatic rings. The lowest BCUT2D eigenvalue weighted by molar-refractivity contribution is 0.0554. The second-order valence-electron chi connectivity index (χ2n) is 2.98. The van der Waals surface area contributed by atoms with Gasteiger partial charge in [-0.25, -0.2) is 9.59 Å². The number of methoxy groups -OCH3 is 2. The number of rotatable bonds is 2. The topological polar surface area (TPSA) is 52.6 Å². The molecule has 4 heteroatoms. The number of carbonyl (C=O) groups is 2. The molecule has 0 heterocycles. The molecule has 1 aromatic carbocycles. The third kappa shape index (κ3) is 3.59. The van der Waals surface area contributed by atoms with E-state index >= 15 is 0 Å². The Morgan fingerprint density at radius 2 is 1.53 bits per heavy atom. The predicted molar refractivity (Wildman–Crippen MR) is 65.2 cm³/mol. The summed E-state index contributed by atoms with van der Waals surface area (Å²) in [6.45, 7) is 5.73. The van der Waals surface area contributed by atoms with E-state index in [4.69, 9.17) is 0 Å². The van der Waals surface area contributed by atoms with Crippen molar-refractivity contribution in [1.29, 1.82) is 0 Å². The minimum Gasteiger partial charge on any atom is -0.465 e. The lowest BCUT2D eigenvalue weighted by Gasteiger charge is -2.08. The zero-order valence-corrected chi connectivity index (χ0v) is 10.9. The molecule has 1 aromatic rings. The Labute approximate surface area is 102 Å². The summed E-state index contributed by atoms with van der Waals surface area (Å²) in [4.78, 5) is 22.8. The van der Waals surface area contributed by atoms with E-state index in [0.717, 1.165) is 0 Å². The smallest absolute Gasteiger partial charge is 0.339 e. The van der Waals surface area contributed by atoms with Crippen molar-refractivity contribution in [2.24, 2.45) is 0 Å². The second kappa shape index (κ2) is 7.44. The van der Waals surface area contributed by atoms with Crippen LogP contribution in [-0.2, 0) is 9.47 Å². The van der Waals surface area contributed by atoms with E-state index in [2.05, 4.69) is 9.47 Å². The van der Waals surface area contributed by atoms with Gasteiger partial charge in [-0.15, -0.1) is 0 Å². The van der Waals surface area contributed by atoms with Crippen molar-refractivity contribution < 1.29 is 19.1 Å². The van der Waals surface area contributed by atoms with Gasteiger partial charge >= 0.3 is 11.9 Å². The molecular weight excluding hydrogens is 220 g/mol. The van der Waals surface area contributed by atoms with Gasteiger partial charge in [0.05, 0.1) is 25.3 Å². The van der Waals surface area contributed by atoms with Gasteiger partial charge in [0.25, 0.3) is 0 Å². The first-order valence-corrected chi connectivity index (χ1v) is 5.38. The molecule has 0 saturated heterocycles. The highest BCUT2D eigenvalue weighted by Gasteiger charge is 2.19. The molecule has 0 radical (unpaired) electrons. The molecule has 0 saturated carbocycles. The standard InChI is InChI=1S/C11H12O4.C2H6/c1-7-5-4-6-8(10(12)14-2)9(7)11(13)15-3;1-2/h4-6H,1-3H3;1-2H3. The van der Waals surface area contributed by atoms with Crippen LogP contribution < -0.4 is 0 Å². The lowest BCUT2D eigenvalue weighted by Crippen LogP contribution is -2.13. The summed E-state index contributed by atoms with van der Waals surface area (Å²) in [5, 5.41) is 0. The highest BCUT2D eigenvalue weighted by atomic mass is 16.5. The summed E-state index contributed by atoms with van der Waals surface area (Å²) in [5.41, 5.74) is 1.17. The zero-order chi connectivity index (χ0) is 13.4. The van der Waals surface area contributed by atoms with E-state index in [1.807, 2.05) is 13.8 Å². The van der Waals surface area contributed by atoms with Gasteiger partial charge in [-0.1, -0.05) is 26.0 Å². The second-order valence-corrected chi connectivity index (χ2v) is 2.98. The first kappa shape index (κ1) is 15.2. The van der Waals surface area contributed by atoms with Crippen LogP contribution in [0.1, 0.15) is 40.1 Å². The predicted octanol–water partition coefficient (Wildman–Crippen LogP) is 2.59. The van der Waals surface area contributed by atoms with Gasteiger partial charge in [-0.2, -0.15) is 0 Å². The van der Waals surface area contributed by atoms with Crippen LogP contribution >= 0.6 is 0 Å². The Morgan fingerprint density at radius 3 is 2.00 bits per heavy atom. The summed E-state index contributed by atoms with van der Waals surface area (Å²) >= 11 is 0. The van der Waals surface area contributed by atoms with Gasteiger partial charge in [0.2, 0.25) is 0 Å². The average molecular weight is 238 g/mol. The molecule has 4 nitrogen and oxygen atoms in total. The highest BCUT2D eigenvalue weighted by Crippen LogP contribution is 2.16. The number of carbonyl (C=O) groups excluding carboxylic acids is 2. The van der Waals surface area contributed by atoms with E-state index in [-0.39, 0.29) is 11.1 Å². The number of benzene rings is 1. The Balaban J connectivity index is 0.00000121. The number of esters is 2. The molecule has 0 N–H and O–H groups in total. The van der Waals surface area contributed by atoms with Crippen molar-refractivity contribution in [3.8, 4) is 0 Å². The molecule has 0 aliphatic carbocycles. The van der Waals surface area contributed by atoms with E-state index in [0.29, 0.717) is 5.56 Å². The van der Waals surface area contributed by atoms with Crippen LogP contribution in [0.4, 0.5) is 0 Å². The van der Waals surface area contributed by atoms with Crippen molar-refractivity contribution in [3.05, 3.63) is 34.9 Å². The fraction of sp³-hybridized carbons (Fsp3) is 0.385. The first-order chi connectivity index (χ1) is 8.11. The largest absolute Gasteiger partial charge is 0.465 e. The van der Waals surface area contributed by atoms with Crippen LogP contribution in [0.2, 0.25) is 0 Å². The monoisotopic (exact) mass is 238 g/mol. The van der Waals surface area contributed by atoms with E-state index in [1.165, 1.54) is 20.3 Å². The van der Waals surface area contributed by atoms with Crippen LogP contribution in [0.5, 0.6) is 0 Å². The van der Waals surface area contributed by atoms with Gasteiger partial charge in [-0.3, -0.25) is 0 Å². The lowest BCUT2D eigenvalue weighted by atomic mass is 10.0. The van der Waals surface area contributed by atoms with Gasteiger partial charge in [0.1, 0.15) is 0 Å². The fourth-order valence-corrected chi connectivity index (χ4v) is 1.32. The van der Waals surface area contributed by atoms with Crippen LogP contribution in [-0.4, -0.2) is 26.2 Å². The highest BCUT2D eigenvalue weighted by molar-refractivity contribution is 6.04. The third-order valence-corrected chi connectivity index (χ3v) is 2.07. The summed E-state index contributed by atoms with van der Waals surface area (Å²) in [6, 6.07) is 4.96. The SMILES string of the molecule is CC.COC(=O)c1cccc(C)c1C(=O)OC. The molecule has 0 amide bonds. The minimum absolute atomic E-state index is 0.226. The molecule has 0 fully saturated rings. The number of aryl methyl sites for hydroxylation is 1. The molecule has 0 atom stereocenters. The van der Waals surface area contributed by atoms with E-state index in [9.17, 15) is 9.59 Å². The Kier molecular flexibility index (Phi) is 6.63. The molecule has 0 unspecified atom stereocenters. The molecule has 0 spiro atoms. The van der Waals surface area contributed by atoms with Gasteiger partial charge < -0.3 is 9.47 Å². The summed E-state index contributed by atoms with van der Waals surface area (Å²) in [5.74, 6) is -1.08. The van der Waals surface area contributed by atoms with Crippen molar-refractivity contribution in [1.82, 2.24) is 0 Å². The molecular formula is C13H18O4. The van der Waals surface area contributed by atoms with Crippen molar-refractivity contribution in [2.75, 3.05) is 14.2 Å². The molecule has 17 heavy (non-hydrogen) atoms. The Bertz CT molecular complexity index is 396. The molecule has 0 bridgehead atoms. The van der Waals surface area contributed by atoms with Crippen LogP contribution in [0, 0.1) is 6.92 Å².